The van der Waals surface area contributed by atoms with Crippen LogP contribution < -0.4 is 4.73 Å². The van der Waals surface area contributed by atoms with Crippen LogP contribution >= 0.6 is 0 Å². The van der Waals surface area contributed by atoms with Crippen molar-refractivity contribution >= 4 is 11.7 Å². The highest BCUT2D eigenvalue weighted by atomic mass is 19.4. The van der Waals surface area contributed by atoms with Gasteiger partial charge < -0.3 is 10.1 Å². The summed E-state index contributed by atoms with van der Waals surface area (Å²) in [7, 11) is 0. The number of likely N-dealkylation sites (tertiary alicyclic amines) is 1. The zero-order valence-corrected chi connectivity index (χ0v) is 14.3. The maximum absolute atomic E-state index is 12.7. The van der Waals surface area contributed by atoms with E-state index in [1.807, 2.05) is 0 Å². The van der Waals surface area contributed by atoms with Gasteiger partial charge in [-0.3, -0.25) is 9.59 Å². The van der Waals surface area contributed by atoms with E-state index in [2.05, 4.69) is 0 Å². The first-order valence-corrected chi connectivity index (χ1v) is 8.45. The van der Waals surface area contributed by atoms with E-state index in [4.69, 9.17) is 0 Å². The van der Waals surface area contributed by atoms with Gasteiger partial charge in [0.05, 0.1) is 11.1 Å². The van der Waals surface area contributed by atoms with Crippen molar-refractivity contribution < 1.29 is 27.5 Å². The SMILES string of the molecule is O=C(c1ccc(C(F)(F)F)cc1)[C@@H]1CCCN(C(=O)c2cc[n+]([O-])cc2)C1. The Labute approximate surface area is 153 Å². The molecule has 1 atom stereocenters. The molecule has 0 bridgehead atoms. The van der Waals surface area contributed by atoms with Crippen LogP contribution in [0.1, 0.15) is 39.1 Å². The number of hydrogen-bond donors (Lipinski definition) is 0. The second-order valence-electron chi connectivity index (χ2n) is 6.48. The third kappa shape index (κ3) is 4.27. The summed E-state index contributed by atoms with van der Waals surface area (Å²) in [6.07, 6.45) is -0.812. The number of aromatic nitrogens is 1. The number of alkyl halides is 3. The van der Waals surface area contributed by atoms with Gasteiger partial charge in [-0.2, -0.15) is 17.9 Å². The summed E-state index contributed by atoms with van der Waals surface area (Å²) >= 11 is 0. The topological polar surface area (TPSA) is 64.3 Å². The first kappa shape index (κ1) is 18.9. The zero-order valence-electron chi connectivity index (χ0n) is 14.3. The number of ketones is 1. The highest BCUT2D eigenvalue weighted by Crippen LogP contribution is 2.30. The number of carbonyl (C=O) groups is 2. The Kier molecular flexibility index (Phi) is 5.16. The fourth-order valence-electron chi connectivity index (χ4n) is 3.17. The highest BCUT2D eigenvalue weighted by molar-refractivity contribution is 5.99. The van der Waals surface area contributed by atoms with Crippen LogP contribution in [-0.2, 0) is 6.18 Å². The van der Waals surface area contributed by atoms with E-state index in [0.29, 0.717) is 29.7 Å². The minimum Gasteiger partial charge on any atom is -0.619 e. The number of Topliss-reactive ketones (excluding diaryl/α,β-unsaturated/α-hetero) is 1. The van der Waals surface area contributed by atoms with Gasteiger partial charge in [-0.15, -0.1) is 0 Å². The van der Waals surface area contributed by atoms with E-state index in [9.17, 15) is 28.0 Å². The van der Waals surface area contributed by atoms with Crippen LogP contribution in [-0.4, -0.2) is 29.7 Å². The molecule has 1 aliphatic rings. The van der Waals surface area contributed by atoms with Crippen LogP contribution in [0.2, 0.25) is 0 Å². The third-order valence-corrected chi connectivity index (χ3v) is 4.63. The molecule has 142 valence electrons. The van der Waals surface area contributed by atoms with Gasteiger partial charge in [0.15, 0.2) is 18.2 Å². The summed E-state index contributed by atoms with van der Waals surface area (Å²) in [6, 6.07) is 6.96. The smallest absolute Gasteiger partial charge is 0.416 e. The van der Waals surface area contributed by atoms with E-state index in [1.165, 1.54) is 36.7 Å². The molecule has 2 aromatic rings. The van der Waals surface area contributed by atoms with Gasteiger partial charge in [0.2, 0.25) is 0 Å². The summed E-state index contributed by atoms with van der Waals surface area (Å²) < 4.78 is 38.5. The Morgan fingerprint density at radius 1 is 1.04 bits per heavy atom. The lowest BCUT2D eigenvalue weighted by molar-refractivity contribution is -0.605. The van der Waals surface area contributed by atoms with Crippen molar-refractivity contribution in [3.63, 3.8) is 0 Å². The van der Waals surface area contributed by atoms with Crippen LogP contribution in [0.4, 0.5) is 13.2 Å². The van der Waals surface area contributed by atoms with Gasteiger partial charge in [-0.25, -0.2) is 0 Å². The van der Waals surface area contributed by atoms with E-state index < -0.39 is 17.7 Å². The Bertz CT molecular complexity index is 833. The number of halogens is 3. The molecule has 3 rings (SSSR count). The van der Waals surface area contributed by atoms with Crippen LogP contribution in [0.25, 0.3) is 0 Å². The van der Waals surface area contributed by atoms with Gasteiger partial charge in [0.1, 0.15) is 0 Å². The lowest BCUT2D eigenvalue weighted by Crippen LogP contribution is -2.42. The van der Waals surface area contributed by atoms with Crippen LogP contribution in [0, 0.1) is 11.1 Å². The average molecular weight is 378 g/mol. The lowest BCUT2D eigenvalue weighted by atomic mass is 9.89. The molecule has 1 amide bonds. The summed E-state index contributed by atoms with van der Waals surface area (Å²) in [6.45, 7) is 0.687. The number of pyridine rings is 1. The fourth-order valence-corrected chi connectivity index (χ4v) is 3.17. The molecule has 1 aromatic heterocycles. The molecule has 0 unspecified atom stereocenters. The molecule has 0 radical (unpaired) electrons. The predicted molar refractivity (Wildman–Crippen MR) is 89.8 cm³/mol. The first-order chi connectivity index (χ1) is 12.8. The molecule has 0 spiro atoms. The van der Waals surface area contributed by atoms with Crippen molar-refractivity contribution in [1.29, 1.82) is 0 Å². The van der Waals surface area contributed by atoms with Crippen molar-refractivity contribution in [2.45, 2.75) is 19.0 Å². The first-order valence-electron chi connectivity index (χ1n) is 8.45. The minimum absolute atomic E-state index is 0.199. The molecule has 1 fully saturated rings. The van der Waals surface area contributed by atoms with Crippen molar-refractivity contribution in [3.8, 4) is 0 Å². The Morgan fingerprint density at radius 3 is 2.26 bits per heavy atom. The third-order valence-electron chi connectivity index (χ3n) is 4.63. The van der Waals surface area contributed by atoms with Gasteiger partial charge in [0, 0.05) is 36.7 Å². The quantitative estimate of drug-likeness (QED) is 0.468. The summed E-state index contributed by atoms with van der Waals surface area (Å²) in [5.41, 5.74) is -0.252. The monoisotopic (exact) mass is 378 g/mol. The number of amides is 1. The fraction of sp³-hybridized carbons (Fsp3) is 0.316. The molecular weight excluding hydrogens is 361 g/mol. The second kappa shape index (κ2) is 7.38. The van der Waals surface area contributed by atoms with E-state index in [1.54, 1.807) is 4.90 Å². The van der Waals surface area contributed by atoms with Gasteiger partial charge in [-0.1, -0.05) is 12.1 Å². The molecule has 8 heteroatoms. The van der Waals surface area contributed by atoms with E-state index >= 15 is 0 Å². The minimum atomic E-state index is -4.45. The molecule has 0 aliphatic carbocycles. The molecular formula is C19H17F3N2O3. The zero-order chi connectivity index (χ0) is 19.6. The number of rotatable bonds is 3. The van der Waals surface area contributed by atoms with Crippen molar-refractivity contribution in [3.05, 3.63) is 70.7 Å². The largest absolute Gasteiger partial charge is 0.619 e. The second-order valence-corrected chi connectivity index (χ2v) is 6.48. The molecule has 1 aromatic carbocycles. The number of benzene rings is 1. The maximum atomic E-state index is 12.7. The Morgan fingerprint density at radius 2 is 1.67 bits per heavy atom. The number of piperidine rings is 1. The average Bonchev–Trinajstić information content (AvgIpc) is 2.67. The van der Waals surface area contributed by atoms with Gasteiger partial charge in [0.25, 0.3) is 5.91 Å². The number of nitrogens with zero attached hydrogens (tertiary/aromatic N) is 2. The Balaban J connectivity index is 1.71. The van der Waals surface area contributed by atoms with E-state index in [-0.39, 0.29) is 23.8 Å². The molecule has 27 heavy (non-hydrogen) atoms. The molecule has 1 aliphatic heterocycles. The molecule has 2 heterocycles. The van der Waals surface area contributed by atoms with Crippen LogP contribution in [0.5, 0.6) is 0 Å². The molecule has 0 N–H and O–H groups in total. The summed E-state index contributed by atoms with van der Waals surface area (Å²) in [4.78, 5) is 26.7. The normalized spacial score (nSPS) is 17.6. The molecule has 0 saturated carbocycles. The molecule has 5 nitrogen and oxygen atoms in total. The van der Waals surface area contributed by atoms with Crippen molar-refractivity contribution in [2.75, 3.05) is 13.1 Å². The lowest BCUT2D eigenvalue weighted by Gasteiger charge is -2.32. The van der Waals surface area contributed by atoms with Gasteiger partial charge >= 0.3 is 6.18 Å². The van der Waals surface area contributed by atoms with Gasteiger partial charge in [-0.05, 0) is 25.0 Å². The van der Waals surface area contributed by atoms with Crippen LogP contribution in [0.3, 0.4) is 0 Å². The highest BCUT2D eigenvalue weighted by Gasteiger charge is 2.32. The van der Waals surface area contributed by atoms with Crippen LogP contribution in [0.15, 0.2) is 48.8 Å². The summed E-state index contributed by atoms with van der Waals surface area (Å²) in [5.74, 6) is -1.01. The number of carbonyl (C=O) groups excluding carboxylic acids is 2. The standard InChI is InChI=1S/C19H17F3N2O3/c20-19(21,22)16-5-3-13(4-6-16)17(25)15-2-1-9-23(12-15)18(26)14-7-10-24(27)11-8-14/h3-8,10-11,15H,1-2,9,12H2/t15-/m1/s1. The van der Waals surface area contributed by atoms with Crippen molar-refractivity contribution in [1.82, 2.24) is 4.90 Å². The molecule has 1 saturated heterocycles. The number of hydrogen-bond acceptors (Lipinski definition) is 3. The summed E-state index contributed by atoms with van der Waals surface area (Å²) in [5, 5.41) is 11.1. The predicted octanol–water partition coefficient (Wildman–Crippen LogP) is 3.07. The Hall–Kier alpha value is -2.90. The maximum Gasteiger partial charge on any atom is 0.416 e. The van der Waals surface area contributed by atoms with E-state index in [0.717, 1.165) is 12.1 Å². The van der Waals surface area contributed by atoms with Crippen molar-refractivity contribution in [2.24, 2.45) is 5.92 Å².